The van der Waals surface area contributed by atoms with Gasteiger partial charge in [0.05, 0.1) is 6.61 Å². The van der Waals surface area contributed by atoms with Crippen LogP contribution in [0.4, 0.5) is 13.2 Å². The van der Waals surface area contributed by atoms with Crippen LogP contribution in [0.25, 0.3) is 11.4 Å². The number of rotatable bonds is 10. The Balaban J connectivity index is 1.41. The summed E-state index contributed by atoms with van der Waals surface area (Å²) in [6.45, 7) is 2.12. The van der Waals surface area contributed by atoms with Gasteiger partial charge < -0.3 is 18.9 Å². The SMILES string of the molecule is CCOc1cc(CN(C(=O)CCc2nc(-c3ccsc3)no2)C2CC2)ccc1OC(F)(F)F. The third-order valence-corrected chi connectivity index (χ3v) is 5.68. The fourth-order valence-electron chi connectivity index (χ4n) is 3.35. The van der Waals surface area contributed by atoms with Crippen molar-refractivity contribution in [2.24, 2.45) is 0 Å². The van der Waals surface area contributed by atoms with Crippen molar-refractivity contribution >= 4 is 17.2 Å². The Bertz CT molecular complexity index is 1080. The Morgan fingerprint density at radius 2 is 2.09 bits per heavy atom. The second-order valence-electron chi connectivity index (χ2n) is 7.54. The van der Waals surface area contributed by atoms with Crippen LogP contribution in [-0.2, 0) is 17.8 Å². The number of aromatic nitrogens is 2. The van der Waals surface area contributed by atoms with E-state index in [0.29, 0.717) is 23.7 Å². The molecule has 0 unspecified atom stereocenters. The number of aryl methyl sites for hydroxylation is 1. The Kier molecular flexibility index (Phi) is 6.87. The minimum absolute atomic E-state index is 0.0117. The highest BCUT2D eigenvalue weighted by molar-refractivity contribution is 7.08. The van der Waals surface area contributed by atoms with E-state index >= 15 is 0 Å². The van der Waals surface area contributed by atoms with Crippen LogP contribution in [0.1, 0.15) is 37.6 Å². The molecule has 1 aliphatic carbocycles. The molecule has 1 fully saturated rings. The van der Waals surface area contributed by atoms with E-state index in [1.807, 2.05) is 16.8 Å². The summed E-state index contributed by atoms with van der Waals surface area (Å²) in [5, 5.41) is 7.78. The van der Waals surface area contributed by atoms with Crippen molar-refractivity contribution in [3.05, 3.63) is 46.5 Å². The topological polar surface area (TPSA) is 77.7 Å². The van der Waals surface area contributed by atoms with Gasteiger partial charge in [-0.1, -0.05) is 11.2 Å². The molecule has 0 aliphatic heterocycles. The van der Waals surface area contributed by atoms with Gasteiger partial charge in [0.25, 0.3) is 0 Å². The largest absolute Gasteiger partial charge is 0.573 e. The predicted molar refractivity (Wildman–Crippen MR) is 114 cm³/mol. The third kappa shape index (κ3) is 6.25. The molecule has 0 N–H and O–H groups in total. The lowest BCUT2D eigenvalue weighted by Crippen LogP contribution is -2.32. The molecule has 0 bridgehead atoms. The standard InChI is InChI=1S/C22H22F3N3O4S/c1-2-30-18-11-14(3-6-17(18)31-22(23,24)25)12-28(16-4-5-16)20(29)8-7-19-26-21(27-32-19)15-9-10-33-13-15/h3,6,9-11,13,16H,2,4-5,7-8,12H2,1H3. The van der Waals surface area contributed by atoms with Gasteiger partial charge in [0.2, 0.25) is 17.6 Å². The van der Waals surface area contributed by atoms with Gasteiger partial charge in [0.15, 0.2) is 11.5 Å². The van der Waals surface area contributed by atoms with Crippen molar-refractivity contribution in [1.29, 1.82) is 0 Å². The average molecular weight is 481 g/mol. The molecule has 3 aromatic rings. The maximum Gasteiger partial charge on any atom is 0.573 e. The van der Waals surface area contributed by atoms with Crippen LogP contribution in [0.2, 0.25) is 0 Å². The summed E-state index contributed by atoms with van der Waals surface area (Å²) in [5.41, 5.74) is 1.52. The summed E-state index contributed by atoms with van der Waals surface area (Å²) < 4.78 is 52.6. The van der Waals surface area contributed by atoms with E-state index < -0.39 is 12.1 Å². The molecule has 1 saturated carbocycles. The molecule has 4 rings (SSSR count). The Morgan fingerprint density at radius 3 is 2.76 bits per heavy atom. The molecule has 11 heteroatoms. The average Bonchev–Trinajstić information content (AvgIpc) is 3.24. The minimum atomic E-state index is -4.82. The van der Waals surface area contributed by atoms with Gasteiger partial charge >= 0.3 is 6.36 Å². The number of hydrogen-bond acceptors (Lipinski definition) is 7. The number of alkyl halides is 3. The first-order valence-electron chi connectivity index (χ1n) is 10.5. The molecule has 33 heavy (non-hydrogen) atoms. The summed E-state index contributed by atoms with van der Waals surface area (Å²) >= 11 is 1.53. The van der Waals surface area contributed by atoms with Crippen LogP contribution in [0.5, 0.6) is 11.5 Å². The Labute approximate surface area is 192 Å². The minimum Gasteiger partial charge on any atom is -0.490 e. The van der Waals surface area contributed by atoms with Gasteiger partial charge in [0, 0.05) is 36.4 Å². The highest BCUT2D eigenvalue weighted by Gasteiger charge is 2.34. The number of amides is 1. The molecule has 176 valence electrons. The first kappa shape index (κ1) is 23.1. The second kappa shape index (κ2) is 9.82. The Hall–Kier alpha value is -3.08. The van der Waals surface area contributed by atoms with Crippen molar-refractivity contribution < 1.29 is 32.0 Å². The zero-order valence-corrected chi connectivity index (χ0v) is 18.6. The summed E-state index contributed by atoms with van der Waals surface area (Å²) in [7, 11) is 0. The molecule has 2 aromatic heterocycles. The quantitative estimate of drug-likeness (QED) is 0.395. The molecule has 2 heterocycles. The van der Waals surface area contributed by atoms with Crippen molar-refractivity contribution in [1.82, 2.24) is 15.0 Å². The third-order valence-electron chi connectivity index (χ3n) is 4.99. The highest BCUT2D eigenvalue weighted by atomic mass is 32.1. The first-order valence-corrected chi connectivity index (χ1v) is 11.4. The number of benzene rings is 1. The highest BCUT2D eigenvalue weighted by Crippen LogP contribution is 2.35. The Morgan fingerprint density at radius 1 is 1.27 bits per heavy atom. The lowest BCUT2D eigenvalue weighted by atomic mass is 10.1. The molecular weight excluding hydrogens is 459 g/mol. The van der Waals surface area contributed by atoms with E-state index in [2.05, 4.69) is 14.9 Å². The van der Waals surface area contributed by atoms with E-state index in [9.17, 15) is 18.0 Å². The normalized spacial score (nSPS) is 13.7. The fraction of sp³-hybridized carbons (Fsp3) is 0.409. The van der Waals surface area contributed by atoms with Gasteiger partial charge in [0.1, 0.15) is 0 Å². The summed E-state index contributed by atoms with van der Waals surface area (Å²) in [4.78, 5) is 19.0. The lowest BCUT2D eigenvalue weighted by Gasteiger charge is -2.23. The molecule has 0 spiro atoms. The van der Waals surface area contributed by atoms with E-state index in [4.69, 9.17) is 9.26 Å². The number of carbonyl (C=O) groups is 1. The van der Waals surface area contributed by atoms with Gasteiger partial charge in [-0.15, -0.1) is 13.2 Å². The van der Waals surface area contributed by atoms with Crippen LogP contribution < -0.4 is 9.47 Å². The zero-order valence-electron chi connectivity index (χ0n) is 17.8. The fourth-order valence-corrected chi connectivity index (χ4v) is 3.99. The van der Waals surface area contributed by atoms with Crippen molar-refractivity contribution in [2.75, 3.05) is 6.61 Å². The molecular formula is C22H22F3N3O4S. The number of halogens is 3. The number of hydrogen-bond donors (Lipinski definition) is 0. The first-order chi connectivity index (χ1) is 15.8. The van der Waals surface area contributed by atoms with E-state index in [1.165, 1.54) is 29.5 Å². The maximum absolute atomic E-state index is 12.9. The van der Waals surface area contributed by atoms with Crippen molar-refractivity contribution in [2.45, 2.75) is 51.6 Å². The molecule has 0 atom stereocenters. The summed E-state index contributed by atoms with van der Waals surface area (Å²) in [6.07, 6.45) is -2.54. The maximum atomic E-state index is 12.9. The van der Waals surface area contributed by atoms with Crippen LogP contribution >= 0.6 is 11.3 Å². The monoisotopic (exact) mass is 481 g/mol. The van der Waals surface area contributed by atoms with Crippen molar-refractivity contribution in [3.8, 4) is 22.9 Å². The summed E-state index contributed by atoms with van der Waals surface area (Å²) in [6, 6.07) is 6.22. The van der Waals surface area contributed by atoms with Crippen LogP contribution in [0, 0.1) is 0 Å². The zero-order chi connectivity index (χ0) is 23.4. The second-order valence-corrected chi connectivity index (χ2v) is 8.32. The molecule has 1 aromatic carbocycles. The van der Waals surface area contributed by atoms with E-state index in [0.717, 1.165) is 18.4 Å². The number of thiophene rings is 1. The lowest BCUT2D eigenvalue weighted by molar-refractivity contribution is -0.275. The van der Waals surface area contributed by atoms with Gasteiger partial charge in [-0.2, -0.15) is 16.3 Å². The molecule has 1 aliphatic rings. The number of nitrogens with zero attached hydrogens (tertiary/aromatic N) is 3. The predicted octanol–water partition coefficient (Wildman–Crippen LogP) is 5.22. The number of ether oxygens (including phenoxy) is 2. The smallest absolute Gasteiger partial charge is 0.490 e. The van der Waals surface area contributed by atoms with E-state index in [-0.39, 0.29) is 37.3 Å². The molecule has 1 amide bonds. The number of carbonyl (C=O) groups excluding carboxylic acids is 1. The van der Waals surface area contributed by atoms with Crippen LogP contribution in [-0.4, -0.2) is 40.0 Å². The van der Waals surface area contributed by atoms with Gasteiger partial charge in [-0.3, -0.25) is 4.79 Å². The van der Waals surface area contributed by atoms with Gasteiger partial charge in [-0.25, -0.2) is 0 Å². The van der Waals surface area contributed by atoms with Gasteiger partial charge in [-0.05, 0) is 48.9 Å². The molecule has 7 nitrogen and oxygen atoms in total. The van der Waals surface area contributed by atoms with E-state index in [1.54, 1.807) is 11.8 Å². The van der Waals surface area contributed by atoms with Crippen LogP contribution in [0.15, 0.2) is 39.5 Å². The van der Waals surface area contributed by atoms with Crippen LogP contribution in [0.3, 0.4) is 0 Å². The molecule has 0 saturated heterocycles. The van der Waals surface area contributed by atoms with Crippen molar-refractivity contribution in [3.63, 3.8) is 0 Å². The summed E-state index contributed by atoms with van der Waals surface area (Å²) in [5.74, 6) is 0.369. The molecule has 0 radical (unpaired) electrons.